The molecule has 10 heteroatoms. The van der Waals surface area contributed by atoms with E-state index in [1.807, 2.05) is 31.7 Å². The van der Waals surface area contributed by atoms with Crippen LogP contribution in [0, 0.1) is 5.92 Å². The van der Waals surface area contributed by atoms with E-state index in [0.717, 1.165) is 18.4 Å². The van der Waals surface area contributed by atoms with Crippen LogP contribution in [0.4, 0.5) is 8.78 Å². The fourth-order valence-corrected chi connectivity index (χ4v) is 6.44. The fraction of sp³-hybridized carbons (Fsp3) is 0.324. The van der Waals surface area contributed by atoms with E-state index >= 15 is 0 Å². The lowest BCUT2D eigenvalue weighted by Gasteiger charge is -2.32. The first-order valence-electron chi connectivity index (χ1n) is 14.6. The quantitative estimate of drug-likeness (QED) is 0.194. The molecule has 0 unspecified atom stereocenters. The molecular formula is C34H34ClF2N3O3S. The van der Waals surface area contributed by atoms with Gasteiger partial charge in [0.2, 0.25) is 0 Å². The van der Waals surface area contributed by atoms with Crippen LogP contribution in [0.3, 0.4) is 0 Å². The highest BCUT2D eigenvalue weighted by Crippen LogP contribution is 2.33. The summed E-state index contributed by atoms with van der Waals surface area (Å²) in [5.41, 5.74) is 3.02. The molecule has 5 rings (SSSR count). The minimum atomic E-state index is -2.57. The lowest BCUT2D eigenvalue weighted by atomic mass is 9.98. The second kappa shape index (κ2) is 13.4. The molecule has 230 valence electrons. The zero-order chi connectivity index (χ0) is 31.5. The summed E-state index contributed by atoms with van der Waals surface area (Å²) in [6.45, 7) is 9.49. The molecule has 0 saturated carbocycles. The zero-order valence-electron chi connectivity index (χ0n) is 25.1. The van der Waals surface area contributed by atoms with E-state index < -0.39 is 12.0 Å². The van der Waals surface area contributed by atoms with Crippen LogP contribution in [0.15, 0.2) is 64.3 Å². The van der Waals surface area contributed by atoms with Gasteiger partial charge in [-0.2, -0.15) is 0 Å². The highest BCUT2D eigenvalue weighted by atomic mass is 35.5. The molecule has 44 heavy (non-hydrogen) atoms. The van der Waals surface area contributed by atoms with Crippen LogP contribution in [0.25, 0.3) is 33.6 Å². The van der Waals surface area contributed by atoms with Gasteiger partial charge in [0, 0.05) is 35.7 Å². The number of aromatic nitrogens is 2. The monoisotopic (exact) mass is 637 g/mol. The predicted molar refractivity (Wildman–Crippen MR) is 173 cm³/mol. The van der Waals surface area contributed by atoms with Gasteiger partial charge in [0.15, 0.2) is 0 Å². The molecule has 1 aliphatic heterocycles. The maximum Gasteiger partial charge on any atom is 0.265 e. The molecule has 1 saturated heterocycles. The minimum absolute atomic E-state index is 0.0803. The van der Waals surface area contributed by atoms with Crippen molar-refractivity contribution in [3.63, 3.8) is 0 Å². The summed E-state index contributed by atoms with van der Waals surface area (Å²) in [5, 5.41) is 2.50. The summed E-state index contributed by atoms with van der Waals surface area (Å²) in [6, 6.07) is 12.6. The van der Waals surface area contributed by atoms with Gasteiger partial charge >= 0.3 is 0 Å². The largest absolute Gasteiger partial charge is 0.494 e. The average molecular weight is 638 g/mol. The summed E-state index contributed by atoms with van der Waals surface area (Å²) in [5.74, 6) is 0.727. The second-order valence-electron chi connectivity index (χ2n) is 11.2. The number of piperidine rings is 1. The van der Waals surface area contributed by atoms with Crippen molar-refractivity contribution in [2.45, 2.75) is 47.0 Å². The molecule has 1 fully saturated rings. The molecule has 1 atom stereocenters. The summed E-state index contributed by atoms with van der Waals surface area (Å²) >= 11 is 7.98. The van der Waals surface area contributed by atoms with Crippen LogP contribution in [0.2, 0.25) is 5.02 Å². The number of alkyl halides is 2. The maximum atomic E-state index is 14.5. The number of benzene rings is 2. The van der Waals surface area contributed by atoms with Gasteiger partial charge in [0.1, 0.15) is 10.8 Å². The molecule has 0 aliphatic carbocycles. The maximum absolute atomic E-state index is 14.5. The number of hydrogen-bond acceptors (Lipinski definition) is 5. The van der Waals surface area contributed by atoms with Crippen LogP contribution in [-0.2, 0) is 0 Å². The number of amides is 1. The molecule has 3 heterocycles. The Kier molecular flexibility index (Phi) is 9.65. The molecule has 6 nitrogen and oxygen atoms in total. The van der Waals surface area contributed by atoms with Gasteiger partial charge in [-0.05, 0) is 63.8 Å². The fourth-order valence-electron chi connectivity index (χ4n) is 5.40. The van der Waals surface area contributed by atoms with E-state index in [9.17, 15) is 18.4 Å². The van der Waals surface area contributed by atoms with Crippen molar-refractivity contribution in [2.75, 3.05) is 19.7 Å². The van der Waals surface area contributed by atoms with Crippen molar-refractivity contribution in [2.24, 2.45) is 5.92 Å². The van der Waals surface area contributed by atoms with Crippen LogP contribution in [0.5, 0.6) is 5.75 Å². The number of likely N-dealkylation sites (tertiary alicyclic amines) is 1. The third-order valence-corrected chi connectivity index (χ3v) is 8.70. The van der Waals surface area contributed by atoms with Gasteiger partial charge in [-0.1, -0.05) is 48.4 Å². The van der Waals surface area contributed by atoms with Crippen LogP contribution < -0.4 is 10.3 Å². The van der Waals surface area contributed by atoms with E-state index in [0.29, 0.717) is 69.6 Å². The SMILES string of the molecule is CCOc1ccc(Cl)c(-n2c(C=C(C)C)c(C(=O)N3CCC[C@H](C)C3)cc(-c3nc(-c4ccc(C(F)F)cc4)cs3)c2=O)c1. The van der Waals surface area contributed by atoms with Crippen molar-refractivity contribution in [3.8, 4) is 33.3 Å². The summed E-state index contributed by atoms with van der Waals surface area (Å²) in [4.78, 5) is 35.3. The molecule has 1 aliphatic rings. The van der Waals surface area contributed by atoms with Gasteiger partial charge in [0.25, 0.3) is 17.9 Å². The summed E-state index contributed by atoms with van der Waals surface area (Å²) in [7, 11) is 0. The number of hydrogen-bond donors (Lipinski definition) is 0. The molecule has 0 radical (unpaired) electrons. The number of nitrogens with zero attached hydrogens (tertiary/aromatic N) is 3. The molecule has 0 bridgehead atoms. The first kappa shape index (κ1) is 31.6. The smallest absolute Gasteiger partial charge is 0.265 e. The molecule has 0 spiro atoms. The van der Waals surface area contributed by atoms with E-state index in [4.69, 9.17) is 21.3 Å². The third kappa shape index (κ3) is 6.64. The minimum Gasteiger partial charge on any atom is -0.494 e. The molecule has 1 amide bonds. The second-order valence-corrected chi connectivity index (χ2v) is 12.5. The first-order chi connectivity index (χ1) is 21.1. The Hall–Kier alpha value is -3.82. The van der Waals surface area contributed by atoms with Gasteiger partial charge in [-0.3, -0.25) is 14.2 Å². The number of carbonyl (C=O) groups excluding carboxylic acids is 1. The number of carbonyl (C=O) groups is 1. The van der Waals surface area contributed by atoms with Crippen molar-refractivity contribution < 1.29 is 18.3 Å². The standard InChI is InChI=1S/C34H34ClF2N3O3S/c1-5-43-24-12-13-27(35)30(16-24)40-29(15-20(2)3)25(33(41)39-14-6-7-21(4)18-39)17-26(34(40)42)32-38-28(19-44-32)22-8-10-23(11-9-22)31(36)37/h8-13,15-17,19,21,31H,5-7,14,18H2,1-4H3/t21-/m0/s1. The Morgan fingerprint density at radius 2 is 1.93 bits per heavy atom. The molecule has 4 aromatic rings. The lowest BCUT2D eigenvalue weighted by molar-refractivity contribution is 0.0682. The van der Waals surface area contributed by atoms with Crippen molar-refractivity contribution >= 4 is 34.9 Å². The number of halogens is 3. The van der Waals surface area contributed by atoms with Crippen LogP contribution in [-0.4, -0.2) is 40.1 Å². The lowest BCUT2D eigenvalue weighted by Crippen LogP contribution is -2.40. The summed E-state index contributed by atoms with van der Waals surface area (Å²) in [6.07, 6.45) is 1.21. The van der Waals surface area contributed by atoms with Gasteiger partial charge in [-0.15, -0.1) is 11.3 Å². The summed E-state index contributed by atoms with van der Waals surface area (Å²) < 4.78 is 33.4. The first-order valence-corrected chi connectivity index (χ1v) is 15.8. The Bertz CT molecular complexity index is 1760. The number of rotatable bonds is 8. The van der Waals surface area contributed by atoms with Gasteiger partial charge in [0.05, 0.1) is 39.8 Å². The Labute approximate surface area is 264 Å². The van der Waals surface area contributed by atoms with E-state index in [-0.39, 0.29) is 17.0 Å². The van der Waals surface area contributed by atoms with Gasteiger partial charge in [-0.25, -0.2) is 13.8 Å². The van der Waals surface area contributed by atoms with Crippen LogP contribution in [0.1, 0.15) is 68.6 Å². The Morgan fingerprint density at radius 1 is 1.18 bits per heavy atom. The number of pyridine rings is 1. The molecule has 0 N–H and O–H groups in total. The third-order valence-electron chi connectivity index (χ3n) is 7.50. The number of allylic oxidation sites excluding steroid dienone is 1. The molecule has 2 aromatic heterocycles. The topological polar surface area (TPSA) is 64.4 Å². The highest BCUT2D eigenvalue weighted by molar-refractivity contribution is 7.13. The van der Waals surface area contributed by atoms with Crippen LogP contribution >= 0.6 is 22.9 Å². The number of thiazole rings is 1. The van der Waals surface area contributed by atoms with Crippen molar-refractivity contribution in [1.82, 2.24) is 14.5 Å². The van der Waals surface area contributed by atoms with Crippen molar-refractivity contribution in [1.29, 1.82) is 0 Å². The molecular weight excluding hydrogens is 604 g/mol. The highest BCUT2D eigenvalue weighted by Gasteiger charge is 2.28. The predicted octanol–water partition coefficient (Wildman–Crippen LogP) is 8.91. The zero-order valence-corrected chi connectivity index (χ0v) is 26.6. The average Bonchev–Trinajstić information content (AvgIpc) is 3.48. The normalized spacial score (nSPS) is 15.0. The number of ether oxygens (including phenoxy) is 1. The Balaban J connectivity index is 1.75. The molecule has 2 aromatic carbocycles. The van der Waals surface area contributed by atoms with Crippen molar-refractivity contribution in [3.05, 3.63) is 91.7 Å². The Morgan fingerprint density at radius 3 is 2.59 bits per heavy atom. The van der Waals surface area contributed by atoms with E-state index in [1.165, 1.54) is 28.0 Å². The van der Waals surface area contributed by atoms with E-state index in [2.05, 4.69) is 6.92 Å². The van der Waals surface area contributed by atoms with E-state index in [1.54, 1.807) is 41.8 Å². The van der Waals surface area contributed by atoms with Gasteiger partial charge < -0.3 is 9.64 Å².